The van der Waals surface area contributed by atoms with Crippen molar-refractivity contribution in [2.45, 2.75) is 6.54 Å². The van der Waals surface area contributed by atoms with Gasteiger partial charge in [-0.15, -0.1) is 11.3 Å². The zero-order valence-electron chi connectivity index (χ0n) is 17.6. The van der Waals surface area contributed by atoms with E-state index in [0.717, 1.165) is 4.88 Å². The van der Waals surface area contributed by atoms with E-state index >= 15 is 0 Å². The smallest absolute Gasteiger partial charge is 0.256 e. The van der Waals surface area contributed by atoms with Crippen molar-refractivity contribution in [3.63, 3.8) is 0 Å². The van der Waals surface area contributed by atoms with E-state index in [4.69, 9.17) is 9.47 Å². The fourth-order valence-electron chi connectivity index (χ4n) is 3.61. The van der Waals surface area contributed by atoms with Crippen LogP contribution in [-0.4, -0.2) is 24.1 Å². The quantitative estimate of drug-likeness (QED) is 0.343. The van der Waals surface area contributed by atoms with Crippen LogP contribution in [0.3, 0.4) is 0 Å². The number of aromatic nitrogens is 1. The first kappa shape index (κ1) is 21.2. The van der Waals surface area contributed by atoms with Crippen LogP contribution >= 0.6 is 11.3 Å². The summed E-state index contributed by atoms with van der Waals surface area (Å²) in [4.78, 5) is 29.5. The van der Waals surface area contributed by atoms with Crippen molar-refractivity contribution in [1.82, 2.24) is 4.98 Å². The van der Waals surface area contributed by atoms with Crippen LogP contribution in [0.5, 0.6) is 11.5 Å². The van der Waals surface area contributed by atoms with Gasteiger partial charge in [0.05, 0.1) is 11.2 Å². The van der Waals surface area contributed by atoms with E-state index in [-0.39, 0.29) is 18.2 Å². The maximum atomic E-state index is 13.0. The van der Waals surface area contributed by atoms with Crippen molar-refractivity contribution in [3.8, 4) is 17.6 Å². The number of nitrogens with one attached hydrogen (secondary N) is 3. The summed E-state index contributed by atoms with van der Waals surface area (Å²) in [5.74, 6) is 0.735. The standard InChI is InChI=1S/C24H17N5O4S/c25-10-18-22(26-11-16-2-1-7-34-16)17-9-15(27-12-30)4-5-19(17)28-23(18)29-24(31)14-3-6-20-21(8-14)33-13-32-20/h1-9,12H,11,13H2,(H,27,30)(H2,26,28,29,31). The molecule has 2 aromatic heterocycles. The second kappa shape index (κ2) is 9.09. The molecule has 1 aliphatic heterocycles. The molecule has 0 radical (unpaired) electrons. The largest absolute Gasteiger partial charge is 0.454 e. The summed E-state index contributed by atoms with van der Waals surface area (Å²) < 4.78 is 10.6. The topological polar surface area (TPSA) is 125 Å². The van der Waals surface area contributed by atoms with Crippen molar-refractivity contribution in [2.24, 2.45) is 0 Å². The van der Waals surface area contributed by atoms with Gasteiger partial charge < -0.3 is 25.4 Å². The zero-order chi connectivity index (χ0) is 23.5. The summed E-state index contributed by atoms with van der Waals surface area (Å²) >= 11 is 1.58. The molecule has 0 atom stereocenters. The number of benzene rings is 2. The highest BCUT2D eigenvalue weighted by Gasteiger charge is 2.20. The van der Waals surface area contributed by atoms with E-state index < -0.39 is 5.91 Å². The molecule has 0 aliphatic carbocycles. The van der Waals surface area contributed by atoms with E-state index in [1.807, 2.05) is 17.5 Å². The van der Waals surface area contributed by atoms with Crippen LogP contribution < -0.4 is 25.4 Å². The second-order valence-corrected chi connectivity index (χ2v) is 8.30. The summed E-state index contributed by atoms with van der Waals surface area (Å²) in [5.41, 5.74) is 2.14. The van der Waals surface area contributed by atoms with Crippen molar-refractivity contribution in [3.05, 3.63) is 69.9 Å². The number of anilines is 3. The van der Waals surface area contributed by atoms with Gasteiger partial charge in [0, 0.05) is 28.1 Å². The number of pyridine rings is 1. The average molecular weight is 471 g/mol. The van der Waals surface area contributed by atoms with Crippen molar-refractivity contribution in [1.29, 1.82) is 5.26 Å². The fourth-order valence-corrected chi connectivity index (χ4v) is 4.25. The SMILES string of the molecule is N#Cc1c(NC(=O)c2ccc3c(c2)OCO3)nc2ccc(NC=O)cc2c1NCc1cccs1. The van der Waals surface area contributed by atoms with Gasteiger partial charge in [0.15, 0.2) is 17.3 Å². The zero-order valence-corrected chi connectivity index (χ0v) is 18.4. The Labute approximate surface area is 197 Å². The molecule has 0 saturated carbocycles. The third kappa shape index (κ3) is 4.07. The minimum atomic E-state index is -0.440. The highest BCUT2D eigenvalue weighted by molar-refractivity contribution is 7.09. The second-order valence-electron chi connectivity index (χ2n) is 7.27. The Balaban J connectivity index is 1.55. The van der Waals surface area contributed by atoms with E-state index in [2.05, 4.69) is 27.0 Å². The number of fused-ring (bicyclic) bond motifs is 2. The van der Waals surface area contributed by atoms with Gasteiger partial charge in [-0.1, -0.05) is 6.07 Å². The lowest BCUT2D eigenvalue weighted by Crippen LogP contribution is -2.15. The Hall–Kier alpha value is -4.62. The Morgan fingerprint density at radius 2 is 2.06 bits per heavy atom. The molecular weight excluding hydrogens is 454 g/mol. The lowest BCUT2D eigenvalue weighted by molar-refractivity contribution is -0.105. The lowest BCUT2D eigenvalue weighted by atomic mass is 10.1. The molecule has 0 fully saturated rings. The highest BCUT2D eigenvalue weighted by Crippen LogP contribution is 2.35. The summed E-state index contributed by atoms with van der Waals surface area (Å²) in [5, 5.41) is 21.3. The van der Waals surface area contributed by atoms with Crippen LogP contribution in [0, 0.1) is 11.3 Å². The Bertz CT molecular complexity index is 1450. The van der Waals surface area contributed by atoms with Crippen LogP contribution in [0.2, 0.25) is 0 Å². The third-order valence-corrected chi connectivity index (χ3v) is 6.08. The molecule has 0 unspecified atom stereocenters. The number of carbonyl (C=O) groups is 2. The van der Waals surface area contributed by atoms with Gasteiger partial charge in [0.1, 0.15) is 11.6 Å². The van der Waals surface area contributed by atoms with Gasteiger partial charge in [-0.2, -0.15) is 5.26 Å². The minimum absolute atomic E-state index is 0.103. The third-order valence-electron chi connectivity index (χ3n) is 5.21. The average Bonchev–Trinajstić information content (AvgIpc) is 3.54. The molecule has 2 aromatic carbocycles. The monoisotopic (exact) mass is 471 g/mol. The molecule has 3 heterocycles. The number of carbonyl (C=O) groups excluding carboxylic acids is 2. The summed E-state index contributed by atoms with van der Waals surface area (Å²) in [6, 6.07) is 16.1. The first-order valence-electron chi connectivity index (χ1n) is 10.2. The number of nitrogens with zero attached hydrogens (tertiary/aromatic N) is 2. The minimum Gasteiger partial charge on any atom is -0.454 e. The molecule has 0 spiro atoms. The molecule has 4 aromatic rings. The normalized spacial score (nSPS) is 11.6. The predicted molar refractivity (Wildman–Crippen MR) is 128 cm³/mol. The molecule has 34 heavy (non-hydrogen) atoms. The number of hydrogen-bond donors (Lipinski definition) is 3. The molecule has 3 N–H and O–H groups in total. The van der Waals surface area contributed by atoms with E-state index in [0.29, 0.717) is 52.3 Å². The first-order chi connectivity index (χ1) is 16.7. The maximum Gasteiger partial charge on any atom is 0.256 e. The van der Waals surface area contributed by atoms with Crippen LogP contribution in [0.1, 0.15) is 20.8 Å². The molecule has 0 saturated heterocycles. The van der Waals surface area contributed by atoms with Crippen molar-refractivity contribution < 1.29 is 19.1 Å². The van der Waals surface area contributed by atoms with Crippen LogP contribution in [0.15, 0.2) is 53.9 Å². The van der Waals surface area contributed by atoms with Gasteiger partial charge >= 0.3 is 0 Å². The molecule has 0 bridgehead atoms. The maximum absolute atomic E-state index is 13.0. The van der Waals surface area contributed by atoms with Gasteiger partial charge in [-0.25, -0.2) is 4.98 Å². The number of nitriles is 1. The first-order valence-corrected chi connectivity index (χ1v) is 11.1. The summed E-state index contributed by atoms with van der Waals surface area (Å²) in [7, 11) is 0. The molecule has 10 heteroatoms. The fraction of sp³-hybridized carbons (Fsp3) is 0.0833. The highest BCUT2D eigenvalue weighted by atomic mass is 32.1. The van der Waals surface area contributed by atoms with Crippen molar-refractivity contribution >= 4 is 51.7 Å². The Morgan fingerprint density at radius 1 is 1.18 bits per heavy atom. The Kier molecular flexibility index (Phi) is 5.68. The van der Waals surface area contributed by atoms with Gasteiger partial charge in [-0.05, 0) is 47.8 Å². The summed E-state index contributed by atoms with van der Waals surface area (Å²) in [6.07, 6.45) is 0.582. The van der Waals surface area contributed by atoms with E-state index in [1.165, 1.54) is 0 Å². The van der Waals surface area contributed by atoms with Crippen molar-refractivity contribution in [2.75, 3.05) is 22.7 Å². The van der Waals surface area contributed by atoms with Gasteiger partial charge in [0.2, 0.25) is 13.2 Å². The number of rotatable bonds is 7. The number of ether oxygens (including phenoxy) is 2. The van der Waals surface area contributed by atoms with E-state index in [9.17, 15) is 14.9 Å². The van der Waals surface area contributed by atoms with Crippen LogP contribution in [0.25, 0.3) is 10.9 Å². The molecule has 9 nitrogen and oxygen atoms in total. The van der Waals surface area contributed by atoms with E-state index in [1.54, 1.807) is 47.7 Å². The number of hydrogen-bond acceptors (Lipinski definition) is 8. The molecule has 2 amide bonds. The lowest BCUT2D eigenvalue weighted by Gasteiger charge is -2.16. The van der Waals surface area contributed by atoms with Gasteiger partial charge in [0.25, 0.3) is 5.91 Å². The van der Waals surface area contributed by atoms with Gasteiger partial charge in [-0.3, -0.25) is 9.59 Å². The number of thiophene rings is 1. The van der Waals surface area contributed by atoms with Crippen LogP contribution in [0.4, 0.5) is 17.2 Å². The molecular formula is C24H17N5O4S. The summed E-state index contributed by atoms with van der Waals surface area (Å²) in [6.45, 7) is 0.581. The molecule has 1 aliphatic rings. The molecule has 168 valence electrons. The molecule has 5 rings (SSSR count). The predicted octanol–water partition coefficient (Wildman–Crippen LogP) is 4.33. The van der Waals surface area contributed by atoms with Crippen LogP contribution in [-0.2, 0) is 11.3 Å². The number of amides is 2. The Morgan fingerprint density at radius 3 is 2.85 bits per heavy atom.